The van der Waals surface area contributed by atoms with Crippen LogP contribution in [-0.2, 0) is 20.7 Å². The summed E-state index contributed by atoms with van der Waals surface area (Å²) >= 11 is 0. The molecular formula is C27H35FO4. The number of ether oxygens (including phenoxy) is 3. The summed E-state index contributed by atoms with van der Waals surface area (Å²) in [6.45, 7) is 4.87. The highest BCUT2D eigenvalue weighted by atomic mass is 19.1. The Bertz CT molecular complexity index is 841. The first-order valence-corrected chi connectivity index (χ1v) is 11.9. The lowest BCUT2D eigenvalue weighted by Crippen LogP contribution is -2.38. The number of hydrogen-bond acceptors (Lipinski definition) is 4. The Morgan fingerprint density at radius 3 is 2.31 bits per heavy atom. The average Bonchev–Trinajstić information content (AvgIpc) is 2.81. The number of halogens is 1. The van der Waals surface area contributed by atoms with Crippen LogP contribution in [0.3, 0.4) is 0 Å². The predicted molar refractivity (Wildman–Crippen MR) is 124 cm³/mol. The van der Waals surface area contributed by atoms with E-state index >= 15 is 0 Å². The van der Waals surface area contributed by atoms with E-state index in [1.54, 1.807) is 12.1 Å². The molecule has 0 atom stereocenters. The molecule has 0 saturated carbocycles. The van der Waals surface area contributed by atoms with Gasteiger partial charge in [0.2, 0.25) is 0 Å². The van der Waals surface area contributed by atoms with E-state index in [4.69, 9.17) is 14.2 Å². The Kier molecular flexibility index (Phi) is 9.69. The molecule has 174 valence electrons. The van der Waals surface area contributed by atoms with Gasteiger partial charge in [0.05, 0.1) is 13.2 Å². The minimum absolute atomic E-state index is 0.192. The van der Waals surface area contributed by atoms with E-state index in [1.165, 1.54) is 30.9 Å². The second kappa shape index (κ2) is 12.7. The van der Waals surface area contributed by atoms with Crippen molar-refractivity contribution >= 4 is 5.97 Å². The molecule has 0 aromatic heterocycles. The second-order valence-electron chi connectivity index (χ2n) is 8.51. The molecule has 3 rings (SSSR count). The Labute approximate surface area is 191 Å². The maximum absolute atomic E-state index is 14.7. The van der Waals surface area contributed by atoms with Gasteiger partial charge in [-0.2, -0.15) is 0 Å². The third-order valence-electron chi connectivity index (χ3n) is 5.84. The quantitative estimate of drug-likeness (QED) is 0.221. The van der Waals surface area contributed by atoms with E-state index < -0.39 is 17.7 Å². The van der Waals surface area contributed by atoms with Crippen molar-refractivity contribution < 1.29 is 23.4 Å². The number of esters is 1. The van der Waals surface area contributed by atoms with Crippen molar-refractivity contribution in [1.29, 1.82) is 0 Å². The van der Waals surface area contributed by atoms with Gasteiger partial charge in [0, 0.05) is 11.6 Å². The van der Waals surface area contributed by atoms with Gasteiger partial charge in [-0.1, -0.05) is 63.8 Å². The maximum Gasteiger partial charge on any atom is 0.319 e. The zero-order chi connectivity index (χ0) is 22.8. The van der Waals surface area contributed by atoms with Crippen molar-refractivity contribution in [3.05, 3.63) is 53.8 Å². The molecule has 1 saturated heterocycles. The monoisotopic (exact) mass is 442 g/mol. The normalized spacial score (nSPS) is 18.5. The number of hydrogen-bond donors (Lipinski definition) is 0. The summed E-state index contributed by atoms with van der Waals surface area (Å²) < 4.78 is 31.4. The first-order valence-electron chi connectivity index (χ1n) is 11.9. The molecule has 0 aliphatic carbocycles. The molecule has 0 radical (unpaired) electrons. The van der Waals surface area contributed by atoms with Gasteiger partial charge in [-0.3, -0.25) is 4.79 Å². The van der Waals surface area contributed by atoms with Crippen LogP contribution < -0.4 is 4.74 Å². The molecule has 1 aliphatic rings. The third kappa shape index (κ3) is 7.14. The summed E-state index contributed by atoms with van der Waals surface area (Å²) in [4.78, 5) is 12.4. The molecule has 32 heavy (non-hydrogen) atoms. The Morgan fingerprint density at radius 2 is 1.66 bits per heavy atom. The minimum Gasteiger partial charge on any atom is -0.426 e. The van der Waals surface area contributed by atoms with Crippen molar-refractivity contribution in [2.75, 3.05) is 13.2 Å². The summed E-state index contributed by atoms with van der Waals surface area (Å²) in [5.74, 6) is -1.18. The van der Waals surface area contributed by atoms with Gasteiger partial charge >= 0.3 is 5.97 Å². The van der Waals surface area contributed by atoms with Crippen molar-refractivity contribution in [2.45, 2.75) is 71.5 Å². The van der Waals surface area contributed by atoms with E-state index in [9.17, 15) is 9.18 Å². The van der Waals surface area contributed by atoms with Crippen molar-refractivity contribution in [3.8, 4) is 16.9 Å². The number of carbonyl (C=O) groups is 1. The average molecular weight is 443 g/mol. The van der Waals surface area contributed by atoms with Crippen molar-refractivity contribution in [1.82, 2.24) is 0 Å². The summed E-state index contributed by atoms with van der Waals surface area (Å²) in [6.07, 6.45) is 8.53. The van der Waals surface area contributed by atoms with Crippen LogP contribution in [-0.4, -0.2) is 25.5 Å². The molecule has 0 unspecified atom stereocenters. The summed E-state index contributed by atoms with van der Waals surface area (Å²) in [6, 6.07) is 12.5. The summed E-state index contributed by atoms with van der Waals surface area (Å²) in [5.41, 5.74) is 2.56. The van der Waals surface area contributed by atoms with Gasteiger partial charge in [-0.05, 0) is 48.9 Å². The predicted octanol–water partition coefficient (Wildman–Crippen LogP) is 6.70. The zero-order valence-electron chi connectivity index (χ0n) is 19.3. The van der Waals surface area contributed by atoms with Crippen LogP contribution in [0.15, 0.2) is 42.5 Å². The zero-order valence-corrected chi connectivity index (χ0v) is 19.3. The smallest absolute Gasteiger partial charge is 0.319 e. The van der Waals surface area contributed by atoms with Crippen LogP contribution >= 0.6 is 0 Å². The van der Waals surface area contributed by atoms with Crippen LogP contribution in [0.5, 0.6) is 5.75 Å². The first kappa shape index (κ1) is 24.4. The van der Waals surface area contributed by atoms with Crippen LogP contribution in [0, 0.1) is 11.7 Å². The molecule has 0 spiro atoms. The van der Waals surface area contributed by atoms with E-state index in [0.29, 0.717) is 5.56 Å². The summed E-state index contributed by atoms with van der Waals surface area (Å²) in [7, 11) is 0. The fraction of sp³-hybridized carbons (Fsp3) is 0.519. The fourth-order valence-electron chi connectivity index (χ4n) is 3.83. The molecule has 1 aliphatic heterocycles. The topological polar surface area (TPSA) is 44.8 Å². The standard InChI is InChI=1S/C27H35FO4/c1-3-5-7-9-20-11-13-21(14-12-20)24-16-15-23(17-25(24)28)32-27(29)22-18-30-26(31-19-22)10-8-6-4-2/h11-17,22,26H,3-10,18-19H2,1-2H3. The molecule has 2 aromatic carbocycles. The molecule has 0 bridgehead atoms. The van der Waals surface area contributed by atoms with Crippen molar-refractivity contribution in [2.24, 2.45) is 5.92 Å². The van der Waals surface area contributed by atoms with Crippen LogP contribution in [0.4, 0.5) is 4.39 Å². The largest absolute Gasteiger partial charge is 0.426 e. The highest BCUT2D eigenvalue weighted by Crippen LogP contribution is 2.28. The number of carbonyl (C=O) groups excluding carboxylic acids is 1. The van der Waals surface area contributed by atoms with Gasteiger partial charge in [0.1, 0.15) is 17.5 Å². The van der Waals surface area contributed by atoms with Gasteiger partial charge in [0.25, 0.3) is 0 Å². The third-order valence-corrected chi connectivity index (χ3v) is 5.84. The number of benzene rings is 2. The first-order chi connectivity index (χ1) is 15.6. The molecule has 0 N–H and O–H groups in total. The van der Waals surface area contributed by atoms with Gasteiger partial charge in [-0.25, -0.2) is 4.39 Å². The number of unbranched alkanes of at least 4 members (excludes halogenated alkanes) is 4. The van der Waals surface area contributed by atoms with E-state index in [2.05, 4.69) is 26.0 Å². The lowest BCUT2D eigenvalue weighted by molar-refractivity contribution is -0.208. The Morgan fingerprint density at radius 1 is 0.969 bits per heavy atom. The molecule has 2 aromatic rings. The molecule has 0 amide bonds. The molecule has 1 fully saturated rings. The minimum atomic E-state index is -0.500. The molecule has 5 heteroatoms. The van der Waals surface area contributed by atoms with E-state index in [-0.39, 0.29) is 25.3 Å². The number of aryl methyl sites for hydroxylation is 1. The summed E-state index contributed by atoms with van der Waals surface area (Å²) in [5, 5.41) is 0. The molecular weight excluding hydrogens is 407 g/mol. The van der Waals surface area contributed by atoms with Crippen LogP contribution in [0.1, 0.15) is 64.4 Å². The fourth-order valence-corrected chi connectivity index (χ4v) is 3.83. The van der Waals surface area contributed by atoms with Gasteiger partial charge in [0.15, 0.2) is 6.29 Å². The van der Waals surface area contributed by atoms with E-state index in [1.807, 2.05) is 12.1 Å². The lowest BCUT2D eigenvalue weighted by Gasteiger charge is -2.28. The Hall–Kier alpha value is -2.24. The lowest BCUT2D eigenvalue weighted by atomic mass is 10.0. The molecule has 1 heterocycles. The van der Waals surface area contributed by atoms with Crippen molar-refractivity contribution in [3.63, 3.8) is 0 Å². The van der Waals surface area contributed by atoms with Crippen LogP contribution in [0.2, 0.25) is 0 Å². The Balaban J connectivity index is 1.52. The maximum atomic E-state index is 14.7. The second-order valence-corrected chi connectivity index (χ2v) is 8.51. The SMILES string of the molecule is CCCCCc1ccc(-c2ccc(OC(=O)C3COC(CCCCC)OC3)cc2F)cc1. The highest BCUT2D eigenvalue weighted by Gasteiger charge is 2.29. The molecule has 4 nitrogen and oxygen atoms in total. The van der Waals surface area contributed by atoms with Gasteiger partial charge < -0.3 is 14.2 Å². The number of rotatable bonds is 11. The highest BCUT2D eigenvalue weighted by molar-refractivity contribution is 5.76. The van der Waals surface area contributed by atoms with E-state index in [0.717, 1.165) is 37.7 Å². The van der Waals surface area contributed by atoms with Crippen LogP contribution in [0.25, 0.3) is 11.1 Å². The van der Waals surface area contributed by atoms with Gasteiger partial charge in [-0.15, -0.1) is 0 Å².